The number of hydrogen-bond donors (Lipinski definition) is 1. The lowest BCUT2D eigenvalue weighted by atomic mass is 10.0. The molecule has 0 bridgehead atoms. The van der Waals surface area contributed by atoms with Crippen molar-refractivity contribution in [1.29, 1.82) is 0 Å². The summed E-state index contributed by atoms with van der Waals surface area (Å²) in [5.74, 6) is -0.898. The fourth-order valence-electron chi connectivity index (χ4n) is 2.36. The number of ether oxygens (including phenoxy) is 1. The average Bonchev–Trinajstić information content (AvgIpc) is 2.43. The summed E-state index contributed by atoms with van der Waals surface area (Å²) in [6, 6.07) is 3.66. The molecular formula is C14H18ClFN2O2. The summed E-state index contributed by atoms with van der Waals surface area (Å²) >= 11 is 5.77. The Labute approximate surface area is 122 Å². The molecule has 6 heteroatoms. The summed E-state index contributed by atoms with van der Waals surface area (Å²) < 4.78 is 19.2. The molecule has 1 unspecified atom stereocenters. The second kappa shape index (κ2) is 7.02. The molecule has 1 N–H and O–H groups in total. The molecule has 110 valence electrons. The summed E-state index contributed by atoms with van der Waals surface area (Å²) in [7, 11) is 0. The molecule has 1 aromatic rings. The molecule has 0 amide bonds. The first kappa shape index (κ1) is 15.2. The summed E-state index contributed by atoms with van der Waals surface area (Å²) in [4.78, 5) is 14.1. The van der Waals surface area contributed by atoms with Crippen molar-refractivity contribution >= 4 is 17.6 Å². The predicted molar refractivity (Wildman–Crippen MR) is 75.2 cm³/mol. The number of nitrogens with zero attached hydrogens (tertiary/aromatic N) is 1. The van der Waals surface area contributed by atoms with E-state index in [4.69, 9.17) is 16.3 Å². The maximum absolute atomic E-state index is 14.1. The van der Waals surface area contributed by atoms with Gasteiger partial charge in [0.1, 0.15) is 11.9 Å². The van der Waals surface area contributed by atoms with Gasteiger partial charge in [0, 0.05) is 36.8 Å². The Morgan fingerprint density at radius 2 is 2.20 bits per heavy atom. The van der Waals surface area contributed by atoms with E-state index in [-0.39, 0.29) is 6.61 Å². The van der Waals surface area contributed by atoms with Crippen molar-refractivity contribution in [2.45, 2.75) is 13.0 Å². The van der Waals surface area contributed by atoms with Crippen LogP contribution in [-0.2, 0) is 9.53 Å². The minimum atomic E-state index is -0.714. The first-order chi connectivity index (χ1) is 9.63. The van der Waals surface area contributed by atoms with Gasteiger partial charge in [0.2, 0.25) is 0 Å². The number of esters is 1. The summed E-state index contributed by atoms with van der Waals surface area (Å²) in [6.45, 7) is 4.90. The Bertz CT molecular complexity index is 478. The quantitative estimate of drug-likeness (QED) is 0.864. The third-order valence-corrected chi connectivity index (χ3v) is 3.52. The highest BCUT2D eigenvalue weighted by Crippen LogP contribution is 2.27. The number of piperazine rings is 1. The van der Waals surface area contributed by atoms with Gasteiger partial charge >= 0.3 is 5.97 Å². The standard InChI is InChI=1S/C14H18ClFN2O2/c1-2-20-14(19)13(18-7-5-17-6-8-18)11-4-3-10(15)9-12(11)16/h3-4,9,13,17H,2,5-8H2,1H3. The number of benzene rings is 1. The zero-order chi connectivity index (χ0) is 14.5. The number of carbonyl (C=O) groups excluding carboxylic acids is 1. The second-order valence-electron chi connectivity index (χ2n) is 4.61. The van der Waals surface area contributed by atoms with Gasteiger partial charge in [-0.2, -0.15) is 0 Å². The van der Waals surface area contributed by atoms with Gasteiger partial charge < -0.3 is 10.1 Å². The highest BCUT2D eigenvalue weighted by atomic mass is 35.5. The molecule has 0 saturated carbocycles. The van der Waals surface area contributed by atoms with E-state index in [9.17, 15) is 9.18 Å². The summed E-state index contributed by atoms with van der Waals surface area (Å²) in [6.07, 6.45) is 0. The fourth-order valence-corrected chi connectivity index (χ4v) is 2.52. The van der Waals surface area contributed by atoms with E-state index >= 15 is 0 Å². The van der Waals surface area contributed by atoms with Crippen molar-refractivity contribution in [3.8, 4) is 0 Å². The highest BCUT2D eigenvalue weighted by Gasteiger charge is 2.32. The van der Waals surface area contributed by atoms with Crippen LogP contribution in [0.2, 0.25) is 5.02 Å². The van der Waals surface area contributed by atoms with Crippen molar-refractivity contribution < 1.29 is 13.9 Å². The van der Waals surface area contributed by atoms with E-state index in [0.717, 1.165) is 13.1 Å². The lowest BCUT2D eigenvalue weighted by molar-refractivity contribution is -0.150. The molecule has 1 atom stereocenters. The van der Waals surface area contributed by atoms with Crippen LogP contribution in [-0.4, -0.2) is 43.7 Å². The van der Waals surface area contributed by atoms with Crippen molar-refractivity contribution in [1.82, 2.24) is 10.2 Å². The number of halogens is 2. The van der Waals surface area contributed by atoms with Crippen LogP contribution in [0.3, 0.4) is 0 Å². The van der Waals surface area contributed by atoms with Crippen molar-refractivity contribution in [2.75, 3.05) is 32.8 Å². The van der Waals surface area contributed by atoms with E-state index in [1.165, 1.54) is 6.07 Å². The first-order valence-electron chi connectivity index (χ1n) is 6.70. The minimum Gasteiger partial charge on any atom is -0.465 e. The first-order valence-corrected chi connectivity index (χ1v) is 7.07. The molecule has 4 nitrogen and oxygen atoms in total. The number of hydrogen-bond acceptors (Lipinski definition) is 4. The number of nitrogens with one attached hydrogen (secondary N) is 1. The lowest BCUT2D eigenvalue weighted by Crippen LogP contribution is -2.47. The Morgan fingerprint density at radius 1 is 1.50 bits per heavy atom. The average molecular weight is 301 g/mol. The van der Waals surface area contributed by atoms with Crippen LogP contribution in [0.5, 0.6) is 0 Å². The molecule has 1 fully saturated rings. The van der Waals surface area contributed by atoms with E-state index in [1.54, 1.807) is 19.1 Å². The monoisotopic (exact) mass is 300 g/mol. The van der Waals surface area contributed by atoms with Crippen LogP contribution in [0.15, 0.2) is 18.2 Å². The largest absolute Gasteiger partial charge is 0.465 e. The van der Waals surface area contributed by atoms with Crippen LogP contribution in [0, 0.1) is 5.82 Å². The summed E-state index contributed by atoms with van der Waals surface area (Å²) in [5, 5.41) is 3.52. The summed E-state index contributed by atoms with van der Waals surface area (Å²) in [5.41, 5.74) is 0.315. The molecule has 0 aromatic heterocycles. The normalized spacial score (nSPS) is 17.8. The van der Waals surface area contributed by atoms with Gasteiger partial charge in [0.25, 0.3) is 0 Å². The molecule has 0 spiro atoms. The molecule has 0 aliphatic carbocycles. The predicted octanol–water partition coefficient (Wildman–Crippen LogP) is 1.99. The van der Waals surface area contributed by atoms with Crippen molar-refractivity contribution in [2.24, 2.45) is 0 Å². The van der Waals surface area contributed by atoms with Gasteiger partial charge in [0.05, 0.1) is 6.61 Å². The fraction of sp³-hybridized carbons (Fsp3) is 0.500. The van der Waals surface area contributed by atoms with Crippen LogP contribution in [0.4, 0.5) is 4.39 Å². The van der Waals surface area contributed by atoms with Gasteiger partial charge in [-0.05, 0) is 19.1 Å². The molecule has 0 radical (unpaired) electrons. The van der Waals surface area contributed by atoms with E-state index in [2.05, 4.69) is 5.32 Å². The molecule has 1 saturated heterocycles. The molecule has 1 aliphatic heterocycles. The zero-order valence-corrected chi connectivity index (χ0v) is 12.1. The Balaban J connectivity index is 2.31. The maximum atomic E-state index is 14.1. The second-order valence-corrected chi connectivity index (χ2v) is 5.04. The Kier molecular flexibility index (Phi) is 5.34. The van der Waals surface area contributed by atoms with Gasteiger partial charge in [-0.3, -0.25) is 4.90 Å². The highest BCUT2D eigenvalue weighted by molar-refractivity contribution is 6.30. The van der Waals surface area contributed by atoms with Crippen LogP contribution in [0.1, 0.15) is 18.5 Å². The third-order valence-electron chi connectivity index (χ3n) is 3.28. The SMILES string of the molecule is CCOC(=O)C(c1ccc(Cl)cc1F)N1CCNCC1. The third kappa shape index (κ3) is 3.48. The minimum absolute atomic E-state index is 0.274. The van der Waals surface area contributed by atoms with Crippen LogP contribution < -0.4 is 5.32 Å². The molecule has 2 rings (SSSR count). The van der Waals surface area contributed by atoms with Crippen molar-refractivity contribution in [3.05, 3.63) is 34.6 Å². The number of carbonyl (C=O) groups is 1. The van der Waals surface area contributed by atoms with E-state index < -0.39 is 17.8 Å². The van der Waals surface area contributed by atoms with Gasteiger partial charge in [-0.25, -0.2) is 9.18 Å². The lowest BCUT2D eigenvalue weighted by Gasteiger charge is -2.33. The van der Waals surface area contributed by atoms with Crippen LogP contribution >= 0.6 is 11.6 Å². The van der Waals surface area contributed by atoms with Gasteiger partial charge in [0.15, 0.2) is 0 Å². The molecule has 1 aliphatic rings. The Morgan fingerprint density at radius 3 is 2.80 bits per heavy atom. The topological polar surface area (TPSA) is 41.6 Å². The zero-order valence-electron chi connectivity index (χ0n) is 11.4. The number of rotatable bonds is 4. The van der Waals surface area contributed by atoms with Crippen molar-refractivity contribution in [3.63, 3.8) is 0 Å². The Hall–Kier alpha value is -1.17. The van der Waals surface area contributed by atoms with Gasteiger partial charge in [-0.1, -0.05) is 17.7 Å². The van der Waals surface area contributed by atoms with Crippen LogP contribution in [0.25, 0.3) is 0 Å². The smallest absolute Gasteiger partial charge is 0.328 e. The molecule has 20 heavy (non-hydrogen) atoms. The van der Waals surface area contributed by atoms with E-state index in [0.29, 0.717) is 23.7 Å². The molecule has 1 aromatic carbocycles. The van der Waals surface area contributed by atoms with Gasteiger partial charge in [-0.15, -0.1) is 0 Å². The molecular weight excluding hydrogens is 283 g/mol. The van der Waals surface area contributed by atoms with E-state index in [1.807, 2.05) is 4.90 Å². The maximum Gasteiger partial charge on any atom is 0.328 e. The molecule has 1 heterocycles.